The fourth-order valence-electron chi connectivity index (χ4n) is 3.35. The van der Waals surface area contributed by atoms with Crippen molar-refractivity contribution in [1.82, 2.24) is 15.3 Å². The molecule has 2 aromatic heterocycles. The van der Waals surface area contributed by atoms with Crippen LogP contribution in [0.5, 0.6) is 0 Å². The highest BCUT2D eigenvalue weighted by Crippen LogP contribution is 2.35. The van der Waals surface area contributed by atoms with Gasteiger partial charge >= 0.3 is 0 Å². The zero-order chi connectivity index (χ0) is 17.5. The van der Waals surface area contributed by atoms with Crippen LogP contribution in [0.15, 0.2) is 29.9 Å². The first kappa shape index (κ1) is 18.0. The summed E-state index contributed by atoms with van der Waals surface area (Å²) in [6.45, 7) is 0.744. The van der Waals surface area contributed by atoms with Gasteiger partial charge in [0.25, 0.3) is 0 Å². The highest BCUT2D eigenvalue weighted by atomic mass is 32.1. The van der Waals surface area contributed by atoms with Crippen molar-refractivity contribution in [3.8, 4) is 10.6 Å². The molecule has 0 saturated heterocycles. The van der Waals surface area contributed by atoms with Crippen molar-refractivity contribution in [2.24, 2.45) is 5.41 Å². The molecule has 0 atom stereocenters. The molecule has 134 valence electrons. The molecule has 1 saturated carbocycles. The van der Waals surface area contributed by atoms with E-state index in [-0.39, 0.29) is 17.9 Å². The summed E-state index contributed by atoms with van der Waals surface area (Å²) >= 11 is 1.58. The molecule has 1 aliphatic rings. The minimum Gasteiger partial charge on any atom is -0.396 e. The molecule has 0 aromatic carbocycles. The van der Waals surface area contributed by atoms with Gasteiger partial charge in [0.2, 0.25) is 5.91 Å². The number of pyridine rings is 1. The number of nitrogens with zero attached hydrogens (tertiary/aromatic N) is 2. The van der Waals surface area contributed by atoms with Gasteiger partial charge in [-0.3, -0.25) is 9.78 Å². The molecule has 1 aliphatic carbocycles. The summed E-state index contributed by atoms with van der Waals surface area (Å²) in [5.41, 5.74) is 1.83. The normalized spacial score (nSPS) is 16.5. The van der Waals surface area contributed by atoms with Crippen molar-refractivity contribution in [3.05, 3.63) is 35.6 Å². The molecule has 0 radical (unpaired) electrons. The van der Waals surface area contributed by atoms with Crippen molar-refractivity contribution >= 4 is 17.2 Å². The lowest BCUT2D eigenvalue weighted by molar-refractivity contribution is -0.121. The van der Waals surface area contributed by atoms with Gasteiger partial charge in [-0.15, -0.1) is 11.3 Å². The largest absolute Gasteiger partial charge is 0.396 e. The van der Waals surface area contributed by atoms with Crippen molar-refractivity contribution in [2.45, 2.75) is 44.9 Å². The van der Waals surface area contributed by atoms with Gasteiger partial charge in [0.1, 0.15) is 5.01 Å². The van der Waals surface area contributed by atoms with Crippen LogP contribution >= 0.6 is 11.3 Å². The van der Waals surface area contributed by atoms with E-state index in [4.69, 9.17) is 0 Å². The van der Waals surface area contributed by atoms with Crippen molar-refractivity contribution in [2.75, 3.05) is 13.2 Å². The van der Waals surface area contributed by atoms with Crippen LogP contribution in [-0.2, 0) is 11.2 Å². The zero-order valence-electron chi connectivity index (χ0n) is 14.4. The second-order valence-electron chi connectivity index (χ2n) is 6.88. The molecule has 2 aromatic rings. The lowest BCUT2D eigenvalue weighted by Gasteiger charge is -2.35. The summed E-state index contributed by atoms with van der Waals surface area (Å²) in [4.78, 5) is 20.9. The van der Waals surface area contributed by atoms with E-state index < -0.39 is 0 Å². The quantitative estimate of drug-likeness (QED) is 0.796. The van der Waals surface area contributed by atoms with E-state index >= 15 is 0 Å². The van der Waals surface area contributed by atoms with Gasteiger partial charge in [0.15, 0.2) is 0 Å². The number of hydrogen-bond donors (Lipinski definition) is 2. The number of thiazole rings is 1. The number of aliphatic hydroxyl groups excluding tert-OH is 1. The number of aromatic nitrogens is 2. The number of carbonyl (C=O) groups is 1. The van der Waals surface area contributed by atoms with Gasteiger partial charge in [-0.2, -0.15) is 0 Å². The molecule has 6 heteroatoms. The number of aliphatic hydroxyl groups is 1. The predicted molar refractivity (Wildman–Crippen MR) is 99.3 cm³/mol. The maximum absolute atomic E-state index is 12.2. The number of hydrogen-bond acceptors (Lipinski definition) is 5. The summed E-state index contributed by atoms with van der Waals surface area (Å²) in [6.07, 6.45) is 10.1. The van der Waals surface area contributed by atoms with E-state index in [2.05, 4.69) is 15.3 Å². The molecule has 1 fully saturated rings. The molecule has 1 amide bonds. The van der Waals surface area contributed by atoms with E-state index in [1.54, 1.807) is 23.7 Å². The van der Waals surface area contributed by atoms with Crippen LogP contribution in [0.4, 0.5) is 0 Å². The molecule has 3 rings (SSSR count). The van der Waals surface area contributed by atoms with E-state index in [0.717, 1.165) is 41.9 Å². The van der Waals surface area contributed by atoms with Crippen LogP contribution in [0.3, 0.4) is 0 Å². The molecule has 0 bridgehead atoms. The van der Waals surface area contributed by atoms with E-state index in [1.165, 1.54) is 6.42 Å². The first-order chi connectivity index (χ1) is 12.2. The zero-order valence-corrected chi connectivity index (χ0v) is 15.2. The minimum absolute atomic E-state index is 0.0364. The van der Waals surface area contributed by atoms with Crippen molar-refractivity contribution in [1.29, 1.82) is 0 Å². The standard InChI is InChI=1S/C19H25N3O2S/c23-14-19(8-2-1-3-9-19)13-21-17(24)7-6-16-12-25-18(22-16)15-5-4-10-20-11-15/h4-5,10-12,23H,1-3,6-9,13-14H2,(H,21,24). The summed E-state index contributed by atoms with van der Waals surface area (Å²) < 4.78 is 0. The van der Waals surface area contributed by atoms with Gasteiger partial charge in [-0.1, -0.05) is 19.3 Å². The third kappa shape index (κ3) is 4.86. The highest BCUT2D eigenvalue weighted by Gasteiger charge is 2.31. The van der Waals surface area contributed by atoms with E-state index in [0.29, 0.717) is 19.4 Å². The molecular formula is C19H25N3O2S. The number of aryl methyl sites for hydroxylation is 1. The van der Waals surface area contributed by atoms with Gasteiger partial charge in [-0.05, 0) is 31.4 Å². The fourth-order valence-corrected chi connectivity index (χ4v) is 4.20. The first-order valence-corrected chi connectivity index (χ1v) is 9.81. The molecule has 0 unspecified atom stereocenters. The summed E-state index contributed by atoms with van der Waals surface area (Å²) in [7, 11) is 0. The summed E-state index contributed by atoms with van der Waals surface area (Å²) in [5, 5.41) is 15.7. The molecule has 2 heterocycles. The molecule has 5 nitrogen and oxygen atoms in total. The Morgan fingerprint density at radius 1 is 1.32 bits per heavy atom. The summed E-state index contributed by atoms with van der Waals surface area (Å²) in [5.74, 6) is 0.0364. The highest BCUT2D eigenvalue weighted by molar-refractivity contribution is 7.13. The molecule has 0 spiro atoms. The maximum Gasteiger partial charge on any atom is 0.220 e. The maximum atomic E-state index is 12.2. The Morgan fingerprint density at radius 2 is 2.16 bits per heavy atom. The Labute approximate surface area is 152 Å². The smallest absolute Gasteiger partial charge is 0.220 e. The average molecular weight is 359 g/mol. The molecule has 2 N–H and O–H groups in total. The Balaban J connectivity index is 1.47. The van der Waals surface area contributed by atoms with Crippen LogP contribution < -0.4 is 5.32 Å². The van der Waals surface area contributed by atoms with Crippen molar-refractivity contribution in [3.63, 3.8) is 0 Å². The Hall–Kier alpha value is -1.79. The predicted octanol–water partition coefficient (Wildman–Crippen LogP) is 3.20. The average Bonchev–Trinajstić information content (AvgIpc) is 3.15. The lowest BCUT2D eigenvalue weighted by atomic mass is 9.74. The number of rotatable bonds is 7. The Kier molecular flexibility index (Phi) is 6.15. The van der Waals surface area contributed by atoms with Crippen LogP contribution in [-0.4, -0.2) is 34.1 Å². The second kappa shape index (κ2) is 8.54. The van der Waals surface area contributed by atoms with Crippen LogP contribution in [0, 0.1) is 5.41 Å². The molecule has 0 aliphatic heterocycles. The lowest BCUT2D eigenvalue weighted by Crippen LogP contribution is -2.41. The first-order valence-electron chi connectivity index (χ1n) is 8.93. The second-order valence-corrected chi connectivity index (χ2v) is 7.74. The monoisotopic (exact) mass is 359 g/mol. The SMILES string of the molecule is O=C(CCc1csc(-c2cccnc2)n1)NCC1(CO)CCCCC1. The van der Waals surface area contributed by atoms with Gasteiger partial charge < -0.3 is 10.4 Å². The molecule has 25 heavy (non-hydrogen) atoms. The Morgan fingerprint density at radius 3 is 2.88 bits per heavy atom. The fraction of sp³-hybridized carbons (Fsp3) is 0.526. The number of carbonyl (C=O) groups excluding carboxylic acids is 1. The summed E-state index contributed by atoms with van der Waals surface area (Å²) in [6, 6.07) is 3.88. The van der Waals surface area contributed by atoms with Crippen molar-refractivity contribution < 1.29 is 9.90 Å². The van der Waals surface area contributed by atoms with E-state index in [1.807, 2.05) is 17.5 Å². The molecular weight excluding hydrogens is 334 g/mol. The van der Waals surface area contributed by atoms with Gasteiger partial charge in [0, 0.05) is 41.7 Å². The van der Waals surface area contributed by atoms with Gasteiger partial charge in [-0.25, -0.2) is 4.98 Å². The minimum atomic E-state index is -0.109. The van der Waals surface area contributed by atoms with Crippen LogP contribution in [0.2, 0.25) is 0 Å². The Bertz CT molecular complexity index is 681. The third-order valence-corrected chi connectivity index (χ3v) is 5.92. The number of nitrogens with one attached hydrogen (secondary N) is 1. The topological polar surface area (TPSA) is 75.1 Å². The third-order valence-electron chi connectivity index (χ3n) is 4.98. The van der Waals surface area contributed by atoms with Crippen LogP contribution in [0.1, 0.15) is 44.2 Å². The number of amides is 1. The van der Waals surface area contributed by atoms with Gasteiger partial charge in [0.05, 0.1) is 12.3 Å². The van der Waals surface area contributed by atoms with Crippen LogP contribution in [0.25, 0.3) is 10.6 Å². The van der Waals surface area contributed by atoms with E-state index in [9.17, 15) is 9.90 Å².